The highest BCUT2D eigenvalue weighted by atomic mass is 16.2. The van der Waals surface area contributed by atoms with Crippen molar-refractivity contribution in [2.75, 3.05) is 19.6 Å². The highest BCUT2D eigenvalue weighted by molar-refractivity contribution is 5.78. The van der Waals surface area contributed by atoms with Gasteiger partial charge in [-0.2, -0.15) is 0 Å². The molecule has 1 N–H and O–H groups in total. The van der Waals surface area contributed by atoms with Crippen molar-refractivity contribution in [3.8, 4) is 0 Å². The molecule has 1 amide bonds. The van der Waals surface area contributed by atoms with Crippen LogP contribution in [-0.4, -0.2) is 41.5 Å². The summed E-state index contributed by atoms with van der Waals surface area (Å²) in [5.74, 6) is 0.870. The van der Waals surface area contributed by atoms with Gasteiger partial charge in [0, 0.05) is 25.3 Å². The Bertz CT molecular complexity index is 497. The normalized spacial score (nSPS) is 26.0. The number of carbonyl (C=O) groups excluding carboxylic acids is 1. The third kappa shape index (κ3) is 3.43. The maximum Gasteiger partial charge on any atom is 0.228 e. The maximum atomic E-state index is 12.5. The molecule has 2 atom stereocenters. The molecule has 0 saturated carbocycles. The van der Waals surface area contributed by atoms with E-state index in [9.17, 15) is 4.79 Å². The molecule has 3 heterocycles. The Hall–Kier alpha value is -1.42. The summed E-state index contributed by atoms with van der Waals surface area (Å²) >= 11 is 0. The third-order valence-electron chi connectivity index (χ3n) is 4.91. The van der Waals surface area contributed by atoms with E-state index in [1.165, 1.54) is 19.3 Å². The number of aryl methyl sites for hydroxylation is 1. The fourth-order valence-electron chi connectivity index (χ4n) is 3.64. The number of pyridine rings is 1. The first-order chi connectivity index (χ1) is 10.2. The number of piperidine rings is 1. The minimum atomic E-state index is 0.236. The van der Waals surface area contributed by atoms with Gasteiger partial charge in [0.15, 0.2) is 0 Å². The van der Waals surface area contributed by atoms with Crippen molar-refractivity contribution in [3.63, 3.8) is 0 Å². The van der Waals surface area contributed by atoms with Gasteiger partial charge in [0.25, 0.3) is 0 Å². The summed E-state index contributed by atoms with van der Waals surface area (Å²) in [5, 5.41) is 3.59. The Morgan fingerprint density at radius 1 is 1.43 bits per heavy atom. The molecule has 1 aromatic heterocycles. The molecule has 2 aliphatic heterocycles. The van der Waals surface area contributed by atoms with Gasteiger partial charge in [0.2, 0.25) is 5.91 Å². The number of amides is 1. The van der Waals surface area contributed by atoms with E-state index in [-0.39, 0.29) is 5.91 Å². The second-order valence-corrected chi connectivity index (χ2v) is 6.39. The number of hydrogen-bond donors (Lipinski definition) is 1. The van der Waals surface area contributed by atoms with Crippen LogP contribution in [0.4, 0.5) is 0 Å². The van der Waals surface area contributed by atoms with Crippen LogP contribution in [0.15, 0.2) is 18.3 Å². The van der Waals surface area contributed by atoms with Gasteiger partial charge in [-0.15, -0.1) is 0 Å². The van der Waals surface area contributed by atoms with Crippen LogP contribution in [0, 0.1) is 12.8 Å². The smallest absolute Gasteiger partial charge is 0.228 e. The first-order valence-corrected chi connectivity index (χ1v) is 8.15. The largest absolute Gasteiger partial charge is 0.342 e. The molecule has 21 heavy (non-hydrogen) atoms. The number of hydrogen-bond acceptors (Lipinski definition) is 3. The number of aromatic nitrogens is 1. The molecular weight excluding hydrogens is 262 g/mol. The topological polar surface area (TPSA) is 45.2 Å². The molecule has 4 heteroatoms. The molecule has 2 aliphatic rings. The van der Waals surface area contributed by atoms with Crippen LogP contribution in [-0.2, 0) is 11.2 Å². The van der Waals surface area contributed by atoms with E-state index in [2.05, 4.69) is 15.2 Å². The standard InChI is InChI=1S/C17H25N3O/c1-13-5-2-8-19-16(13)11-17(21)20-10-4-6-14(12-20)15-7-3-9-18-15/h2,5,8,14-15,18H,3-4,6-7,9-12H2,1H3. The lowest BCUT2D eigenvalue weighted by atomic mass is 9.89. The average Bonchev–Trinajstić information content (AvgIpc) is 3.04. The van der Waals surface area contributed by atoms with Gasteiger partial charge in [-0.1, -0.05) is 6.07 Å². The van der Waals surface area contributed by atoms with Crippen LogP contribution in [0.1, 0.15) is 36.9 Å². The Morgan fingerprint density at radius 2 is 2.33 bits per heavy atom. The molecule has 2 fully saturated rings. The minimum Gasteiger partial charge on any atom is -0.342 e. The Balaban J connectivity index is 1.60. The van der Waals surface area contributed by atoms with Gasteiger partial charge in [0.05, 0.1) is 12.1 Å². The Labute approximate surface area is 126 Å². The number of nitrogens with zero attached hydrogens (tertiary/aromatic N) is 2. The van der Waals surface area contributed by atoms with E-state index in [0.717, 1.165) is 37.3 Å². The third-order valence-corrected chi connectivity index (χ3v) is 4.91. The molecular formula is C17H25N3O. The number of likely N-dealkylation sites (tertiary alicyclic amines) is 1. The van der Waals surface area contributed by atoms with Crippen molar-refractivity contribution in [3.05, 3.63) is 29.6 Å². The van der Waals surface area contributed by atoms with E-state index < -0.39 is 0 Å². The van der Waals surface area contributed by atoms with Crippen molar-refractivity contribution >= 4 is 5.91 Å². The molecule has 4 nitrogen and oxygen atoms in total. The summed E-state index contributed by atoms with van der Waals surface area (Å²) in [4.78, 5) is 19.0. The van der Waals surface area contributed by atoms with Gasteiger partial charge in [-0.3, -0.25) is 9.78 Å². The number of carbonyl (C=O) groups is 1. The molecule has 2 unspecified atom stereocenters. The lowest BCUT2D eigenvalue weighted by Crippen LogP contribution is -2.46. The van der Waals surface area contributed by atoms with Crippen LogP contribution in [0.3, 0.4) is 0 Å². The lowest BCUT2D eigenvalue weighted by Gasteiger charge is -2.36. The summed E-state index contributed by atoms with van der Waals surface area (Å²) in [7, 11) is 0. The molecule has 0 aromatic carbocycles. The van der Waals surface area contributed by atoms with Crippen molar-refractivity contribution in [1.82, 2.24) is 15.2 Å². The molecule has 3 rings (SSSR count). The van der Waals surface area contributed by atoms with Crippen molar-refractivity contribution in [2.45, 2.75) is 45.1 Å². The summed E-state index contributed by atoms with van der Waals surface area (Å²) < 4.78 is 0. The van der Waals surface area contributed by atoms with Crippen LogP contribution < -0.4 is 5.32 Å². The predicted molar refractivity (Wildman–Crippen MR) is 83.0 cm³/mol. The van der Waals surface area contributed by atoms with E-state index in [4.69, 9.17) is 0 Å². The van der Waals surface area contributed by atoms with Gasteiger partial charge < -0.3 is 10.2 Å². The fraction of sp³-hybridized carbons (Fsp3) is 0.647. The minimum absolute atomic E-state index is 0.236. The molecule has 0 aliphatic carbocycles. The summed E-state index contributed by atoms with van der Waals surface area (Å²) in [6.07, 6.45) is 7.16. The highest BCUT2D eigenvalue weighted by Crippen LogP contribution is 2.25. The molecule has 1 aromatic rings. The quantitative estimate of drug-likeness (QED) is 0.924. The zero-order valence-corrected chi connectivity index (χ0v) is 12.8. The Kier molecular flexibility index (Phi) is 4.54. The molecule has 0 bridgehead atoms. The van der Waals surface area contributed by atoms with Gasteiger partial charge in [0.1, 0.15) is 0 Å². The second-order valence-electron chi connectivity index (χ2n) is 6.39. The van der Waals surface area contributed by atoms with Crippen molar-refractivity contribution in [1.29, 1.82) is 0 Å². The Morgan fingerprint density at radius 3 is 3.10 bits per heavy atom. The van der Waals surface area contributed by atoms with E-state index in [1.807, 2.05) is 19.1 Å². The predicted octanol–water partition coefficient (Wildman–Crippen LogP) is 1.92. The maximum absolute atomic E-state index is 12.5. The summed E-state index contributed by atoms with van der Waals surface area (Å²) in [5.41, 5.74) is 2.03. The highest BCUT2D eigenvalue weighted by Gasteiger charge is 2.30. The van der Waals surface area contributed by atoms with Gasteiger partial charge in [-0.05, 0) is 56.7 Å². The van der Waals surface area contributed by atoms with Gasteiger partial charge in [-0.25, -0.2) is 0 Å². The van der Waals surface area contributed by atoms with Crippen LogP contribution in [0.2, 0.25) is 0 Å². The zero-order valence-electron chi connectivity index (χ0n) is 12.8. The number of nitrogens with one attached hydrogen (secondary N) is 1. The van der Waals surface area contributed by atoms with E-state index in [0.29, 0.717) is 18.4 Å². The van der Waals surface area contributed by atoms with Gasteiger partial charge >= 0.3 is 0 Å². The number of rotatable bonds is 3. The molecule has 0 spiro atoms. The van der Waals surface area contributed by atoms with Crippen LogP contribution >= 0.6 is 0 Å². The molecule has 2 saturated heterocycles. The average molecular weight is 287 g/mol. The van der Waals surface area contributed by atoms with Crippen LogP contribution in [0.5, 0.6) is 0 Å². The molecule has 114 valence electrons. The first-order valence-electron chi connectivity index (χ1n) is 8.15. The SMILES string of the molecule is Cc1cccnc1CC(=O)N1CCCC(C2CCCN2)C1. The second kappa shape index (κ2) is 6.56. The first kappa shape index (κ1) is 14.5. The monoisotopic (exact) mass is 287 g/mol. The lowest BCUT2D eigenvalue weighted by molar-refractivity contribution is -0.132. The molecule has 0 radical (unpaired) electrons. The fourth-order valence-corrected chi connectivity index (χ4v) is 3.64. The van der Waals surface area contributed by atoms with E-state index in [1.54, 1.807) is 6.20 Å². The van der Waals surface area contributed by atoms with Crippen molar-refractivity contribution < 1.29 is 4.79 Å². The van der Waals surface area contributed by atoms with E-state index >= 15 is 0 Å². The van der Waals surface area contributed by atoms with Crippen molar-refractivity contribution in [2.24, 2.45) is 5.92 Å². The summed E-state index contributed by atoms with van der Waals surface area (Å²) in [6, 6.07) is 4.57. The van der Waals surface area contributed by atoms with Crippen LogP contribution in [0.25, 0.3) is 0 Å². The zero-order chi connectivity index (χ0) is 14.7. The summed E-state index contributed by atoms with van der Waals surface area (Å²) in [6.45, 7) is 5.00.